The third-order valence-corrected chi connectivity index (χ3v) is 5.70. The van der Waals surface area contributed by atoms with Crippen LogP contribution in [0.2, 0.25) is 0 Å². The van der Waals surface area contributed by atoms with Crippen LogP contribution in [0.3, 0.4) is 0 Å². The molecule has 8 heteroatoms. The smallest absolute Gasteiger partial charge is 0.333 e. The van der Waals surface area contributed by atoms with Gasteiger partial charge in [0.1, 0.15) is 10.4 Å². The maximum Gasteiger partial charge on any atom is 0.333 e. The highest BCUT2D eigenvalue weighted by atomic mass is 32.1. The van der Waals surface area contributed by atoms with Crippen LogP contribution in [0.25, 0.3) is 26.9 Å². The molecule has 7 nitrogen and oxygen atoms in total. The van der Waals surface area contributed by atoms with E-state index < -0.39 is 11.2 Å². The van der Waals surface area contributed by atoms with Gasteiger partial charge >= 0.3 is 5.69 Å². The summed E-state index contributed by atoms with van der Waals surface area (Å²) in [6, 6.07) is 18.4. The average Bonchev–Trinajstić information content (AvgIpc) is 3.22. The van der Waals surface area contributed by atoms with Crippen molar-refractivity contribution in [2.75, 3.05) is 7.11 Å². The van der Waals surface area contributed by atoms with Crippen molar-refractivity contribution >= 4 is 34.0 Å². The van der Waals surface area contributed by atoms with Gasteiger partial charge in [0, 0.05) is 29.1 Å². The second-order valence-corrected chi connectivity index (χ2v) is 7.52. The average molecular weight is 428 g/mol. The number of H-pyrrole nitrogens is 1. The third-order valence-electron chi connectivity index (χ3n) is 4.54. The summed E-state index contributed by atoms with van der Waals surface area (Å²) in [7, 11) is 1.54. The lowest BCUT2D eigenvalue weighted by Gasteiger charge is -2.04. The Morgan fingerprint density at radius 3 is 2.71 bits per heavy atom. The zero-order chi connectivity index (χ0) is 21.8. The minimum Gasteiger partial charge on any atom is -0.497 e. The molecule has 2 aromatic heterocycles. The Hall–Kier alpha value is -4.22. The first kappa shape index (κ1) is 20.1. The molecule has 4 aromatic rings. The van der Waals surface area contributed by atoms with Crippen LogP contribution in [0.4, 0.5) is 0 Å². The molecule has 0 bridgehead atoms. The molecule has 0 atom stereocenters. The zero-order valence-electron chi connectivity index (χ0n) is 16.4. The van der Waals surface area contributed by atoms with Crippen molar-refractivity contribution in [3.8, 4) is 22.3 Å². The van der Waals surface area contributed by atoms with Crippen molar-refractivity contribution in [3.05, 3.63) is 92.8 Å². The number of nitriles is 1. The van der Waals surface area contributed by atoms with E-state index in [1.807, 2.05) is 30.3 Å². The number of fused-ring (bicyclic) bond motifs is 1. The lowest BCUT2D eigenvalue weighted by atomic mass is 10.1. The molecule has 1 N–H and O–H groups in total. The fourth-order valence-corrected chi connectivity index (χ4v) is 4.09. The van der Waals surface area contributed by atoms with E-state index in [-0.39, 0.29) is 0 Å². The van der Waals surface area contributed by atoms with Gasteiger partial charge in [-0.3, -0.25) is 9.79 Å². The summed E-state index contributed by atoms with van der Waals surface area (Å²) in [6.45, 7) is 0. The number of thiophene rings is 1. The van der Waals surface area contributed by atoms with Gasteiger partial charge in [-0.2, -0.15) is 5.26 Å². The number of hydrogen-bond acceptors (Lipinski definition) is 6. The minimum absolute atomic E-state index is 0.373. The predicted molar refractivity (Wildman–Crippen MR) is 123 cm³/mol. The van der Waals surface area contributed by atoms with Crippen LogP contribution < -0.4 is 16.0 Å². The molecule has 0 saturated carbocycles. The number of ether oxygens (including phenoxy) is 1. The summed E-state index contributed by atoms with van der Waals surface area (Å²) in [5, 5.41) is 9.43. The van der Waals surface area contributed by atoms with Crippen molar-refractivity contribution in [1.82, 2.24) is 9.55 Å². The van der Waals surface area contributed by atoms with E-state index in [9.17, 15) is 14.9 Å². The van der Waals surface area contributed by atoms with Gasteiger partial charge in [-0.1, -0.05) is 30.3 Å². The SMILES string of the molecule is COc1ccc(C#N)c(-c2cc3[nH]c(=O)n(/C=C/N=Cc4ccccc4)c(=O)c3s2)c1. The van der Waals surface area contributed by atoms with Crippen LogP contribution in [-0.4, -0.2) is 22.9 Å². The van der Waals surface area contributed by atoms with Gasteiger partial charge < -0.3 is 9.72 Å². The summed E-state index contributed by atoms with van der Waals surface area (Å²) in [4.78, 5) is 32.8. The van der Waals surface area contributed by atoms with E-state index >= 15 is 0 Å². The van der Waals surface area contributed by atoms with Crippen LogP contribution >= 0.6 is 11.3 Å². The molecule has 0 aliphatic carbocycles. The van der Waals surface area contributed by atoms with Gasteiger partial charge in [-0.05, 0) is 29.8 Å². The second-order valence-electron chi connectivity index (χ2n) is 6.47. The molecular weight excluding hydrogens is 412 g/mol. The molecule has 0 spiro atoms. The number of methoxy groups -OCH3 is 1. The summed E-state index contributed by atoms with van der Waals surface area (Å²) in [5.74, 6) is 0.594. The lowest BCUT2D eigenvalue weighted by molar-refractivity contribution is 0.415. The fourth-order valence-electron chi connectivity index (χ4n) is 3.01. The Labute approximate surface area is 180 Å². The van der Waals surface area contributed by atoms with Gasteiger partial charge in [0.2, 0.25) is 0 Å². The number of aliphatic imine (C=N–C) groups is 1. The van der Waals surface area contributed by atoms with Crippen molar-refractivity contribution in [2.24, 2.45) is 4.99 Å². The quantitative estimate of drug-likeness (QED) is 0.488. The van der Waals surface area contributed by atoms with E-state index in [1.54, 1.807) is 37.6 Å². The number of benzene rings is 2. The zero-order valence-corrected chi connectivity index (χ0v) is 17.2. The summed E-state index contributed by atoms with van der Waals surface area (Å²) in [6.07, 6.45) is 4.34. The molecule has 0 aliphatic heterocycles. The molecule has 0 fully saturated rings. The summed E-state index contributed by atoms with van der Waals surface area (Å²) >= 11 is 1.20. The largest absolute Gasteiger partial charge is 0.497 e. The molecule has 152 valence electrons. The van der Waals surface area contributed by atoms with Crippen molar-refractivity contribution in [2.45, 2.75) is 0 Å². The van der Waals surface area contributed by atoms with Crippen molar-refractivity contribution in [3.63, 3.8) is 0 Å². The second kappa shape index (κ2) is 8.65. The number of nitrogens with zero attached hydrogens (tertiary/aromatic N) is 3. The molecule has 2 aromatic carbocycles. The molecular formula is C23H16N4O3S. The Balaban J connectivity index is 1.74. The van der Waals surface area contributed by atoms with Gasteiger partial charge in [0.15, 0.2) is 0 Å². The summed E-state index contributed by atoms with van der Waals surface area (Å²) in [5.41, 5.74) is 1.38. The fraction of sp³-hybridized carbons (Fsp3) is 0.0435. The Kier molecular flexibility index (Phi) is 5.60. The first-order valence-corrected chi connectivity index (χ1v) is 10.0. The first-order valence-electron chi connectivity index (χ1n) is 9.22. The Morgan fingerprint density at radius 1 is 1.16 bits per heavy atom. The topological polar surface area (TPSA) is 100 Å². The highest BCUT2D eigenvalue weighted by Crippen LogP contribution is 2.34. The van der Waals surface area contributed by atoms with E-state index in [1.165, 1.54) is 23.7 Å². The molecule has 2 heterocycles. The van der Waals surface area contributed by atoms with Crippen LogP contribution in [0, 0.1) is 11.3 Å². The highest BCUT2D eigenvalue weighted by Gasteiger charge is 2.14. The standard InChI is InChI=1S/C23H16N4O3S/c1-30-17-8-7-16(13-24)18(11-17)20-12-19-21(31-20)22(28)27(23(29)26-19)10-9-25-14-15-5-3-2-4-6-15/h2-12,14H,1H3,(H,26,29)/b10-9+,25-14?. The van der Waals surface area contributed by atoms with Gasteiger partial charge in [0.25, 0.3) is 5.56 Å². The van der Waals surface area contributed by atoms with Crippen LogP contribution in [0.5, 0.6) is 5.75 Å². The number of rotatable bonds is 5. The van der Waals surface area contributed by atoms with Crippen LogP contribution in [0.1, 0.15) is 11.1 Å². The monoisotopic (exact) mass is 428 g/mol. The first-order chi connectivity index (χ1) is 15.1. The normalized spacial score (nSPS) is 11.4. The minimum atomic E-state index is -0.570. The van der Waals surface area contributed by atoms with Gasteiger partial charge in [0.05, 0.1) is 24.3 Å². The van der Waals surface area contributed by atoms with E-state index in [4.69, 9.17) is 4.74 Å². The number of aromatic nitrogens is 2. The Bertz CT molecular complexity index is 1470. The van der Waals surface area contributed by atoms with E-state index in [2.05, 4.69) is 16.0 Å². The van der Waals surface area contributed by atoms with E-state index in [0.717, 1.165) is 10.1 Å². The molecule has 0 saturated heterocycles. The molecule has 0 radical (unpaired) electrons. The van der Waals surface area contributed by atoms with Gasteiger partial charge in [-0.25, -0.2) is 9.36 Å². The maximum atomic E-state index is 12.9. The lowest BCUT2D eigenvalue weighted by Crippen LogP contribution is -2.30. The molecule has 31 heavy (non-hydrogen) atoms. The third kappa shape index (κ3) is 4.08. The molecule has 0 amide bonds. The van der Waals surface area contributed by atoms with Crippen LogP contribution in [0.15, 0.2) is 75.4 Å². The maximum absolute atomic E-state index is 12.9. The number of nitrogens with one attached hydrogen (secondary N) is 1. The molecule has 4 rings (SSSR count). The van der Waals surface area contributed by atoms with Crippen molar-refractivity contribution < 1.29 is 4.74 Å². The highest BCUT2D eigenvalue weighted by molar-refractivity contribution is 7.22. The Morgan fingerprint density at radius 2 is 1.97 bits per heavy atom. The number of aromatic amines is 1. The predicted octanol–water partition coefficient (Wildman–Crippen LogP) is 3.85. The van der Waals surface area contributed by atoms with Crippen molar-refractivity contribution in [1.29, 1.82) is 5.26 Å². The summed E-state index contributed by atoms with van der Waals surface area (Å²) < 4.78 is 6.59. The molecule has 0 aliphatic rings. The van der Waals surface area contributed by atoms with Gasteiger partial charge in [-0.15, -0.1) is 11.3 Å². The van der Waals surface area contributed by atoms with E-state index in [0.29, 0.717) is 32.0 Å². The van der Waals surface area contributed by atoms with Crippen LogP contribution in [-0.2, 0) is 0 Å². The number of hydrogen-bond donors (Lipinski definition) is 1. The molecule has 0 unspecified atom stereocenters.